The summed E-state index contributed by atoms with van der Waals surface area (Å²) in [5.41, 5.74) is 3.31. The largest absolute Gasteiger partial charge is 0.467 e. The number of aromatic nitrogens is 1. The molecule has 1 saturated heterocycles. The Labute approximate surface area is 176 Å². The highest BCUT2D eigenvalue weighted by Crippen LogP contribution is 2.33. The summed E-state index contributed by atoms with van der Waals surface area (Å²) in [5.74, 6) is -1.82. The maximum Gasteiger partial charge on any atom is 0.404 e. The average Bonchev–Trinajstić information content (AvgIpc) is 3.08. The second-order valence-corrected chi connectivity index (χ2v) is 10.4. The Morgan fingerprint density at radius 2 is 2.03 bits per heavy atom. The van der Waals surface area contributed by atoms with Crippen LogP contribution in [0.25, 0.3) is 15.8 Å². The third-order valence-corrected chi connectivity index (χ3v) is 7.96. The van der Waals surface area contributed by atoms with Gasteiger partial charge in [-0.15, -0.1) is 0 Å². The van der Waals surface area contributed by atoms with E-state index in [9.17, 15) is 21.6 Å². The summed E-state index contributed by atoms with van der Waals surface area (Å²) in [7, 11) is -4.34. The molecule has 0 atom stereocenters. The zero-order chi connectivity index (χ0) is 21.4. The monoisotopic (exact) mass is 461 g/mol. The van der Waals surface area contributed by atoms with E-state index in [0.717, 1.165) is 34.0 Å². The summed E-state index contributed by atoms with van der Waals surface area (Å²) < 4.78 is 69.0. The molecule has 0 spiro atoms. The van der Waals surface area contributed by atoms with Crippen molar-refractivity contribution in [1.82, 2.24) is 14.6 Å². The lowest BCUT2D eigenvalue weighted by atomic mass is 10.0. The van der Waals surface area contributed by atoms with Gasteiger partial charge in [0.2, 0.25) is 10.0 Å². The van der Waals surface area contributed by atoms with Gasteiger partial charge in [0.25, 0.3) is 5.19 Å². The molecule has 3 heterocycles. The summed E-state index contributed by atoms with van der Waals surface area (Å²) in [6, 6.07) is 6.11. The molecule has 0 bridgehead atoms. The van der Waals surface area contributed by atoms with Crippen molar-refractivity contribution in [2.24, 2.45) is 0 Å². The Balaban J connectivity index is 1.39. The molecule has 0 amide bonds. The van der Waals surface area contributed by atoms with Crippen LogP contribution in [0.15, 0.2) is 24.3 Å². The Hall–Kier alpha value is -1.69. The number of benzene rings is 1. The fourth-order valence-electron chi connectivity index (χ4n) is 3.71. The molecule has 4 rings (SSSR count). The van der Waals surface area contributed by atoms with Crippen LogP contribution in [0, 0.1) is 0 Å². The van der Waals surface area contributed by atoms with Gasteiger partial charge in [-0.3, -0.25) is 0 Å². The van der Waals surface area contributed by atoms with E-state index in [2.05, 4.69) is 22.4 Å². The van der Waals surface area contributed by atoms with Crippen molar-refractivity contribution < 1.29 is 26.3 Å². The Bertz CT molecular complexity index is 1040. The van der Waals surface area contributed by atoms with Crippen molar-refractivity contribution in [3.63, 3.8) is 0 Å². The molecule has 1 N–H and O–H groups in total. The number of piperidine rings is 1. The lowest BCUT2D eigenvalue weighted by molar-refractivity contribution is -0.107. The van der Waals surface area contributed by atoms with Crippen LogP contribution in [-0.4, -0.2) is 61.9 Å². The number of rotatable bonds is 5. The van der Waals surface area contributed by atoms with Crippen molar-refractivity contribution in [2.45, 2.75) is 31.5 Å². The molecule has 0 unspecified atom stereocenters. The SMILES string of the molecule is O=S(=O)(CC(F)(F)F)N1CCC(Oc2nc3ccc(C4=CCNCC4)cc3s2)CC1. The van der Waals surface area contributed by atoms with Gasteiger partial charge in [-0.25, -0.2) is 17.7 Å². The van der Waals surface area contributed by atoms with Crippen LogP contribution in [-0.2, 0) is 10.0 Å². The normalized spacial score (nSPS) is 19.8. The van der Waals surface area contributed by atoms with Crippen LogP contribution in [0.2, 0.25) is 0 Å². The van der Waals surface area contributed by atoms with Gasteiger partial charge in [-0.2, -0.15) is 13.2 Å². The molecule has 11 heteroatoms. The fourth-order valence-corrected chi connectivity index (χ4v) is 5.99. The van der Waals surface area contributed by atoms with Gasteiger partial charge in [0, 0.05) is 19.6 Å². The molecular formula is C19H22F3N3O3S2. The van der Waals surface area contributed by atoms with Crippen molar-refractivity contribution >= 4 is 37.1 Å². The van der Waals surface area contributed by atoms with Crippen molar-refractivity contribution in [2.75, 3.05) is 31.9 Å². The number of hydrogen-bond acceptors (Lipinski definition) is 6. The summed E-state index contributed by atoms with van der Waals surface area (Å²) >= 11 is 1.43. The second-order valence-electron chi connectivity index (χ2n) is 7.43. The highest BCUT2D eigenvalue weighted by molar-refractivity contribution is 7.89. The summed E-state index contributed by atoms with van der Waals surface area (Å²) in [6.07, 6.45) is -1.19. The standard InChI is InChI=1S/C19H22F3N3O3S2/c20-19(21,22)12-30(26,27)25-9-5-15(6-10-25)28-18-24-16-2-1-14(11-17(16)29-18)13-3-7-23-8-4-13/h1-3,11,15,23H,4-10,12H2. The van der Waals surface area contributed by atoms with Gasteiger partial charge in [-0.1, -0.05) is 23.5 Å². The predicted octanol–water partition coefficient (Wildman–Crippen LogP) is 3.41. The number of nitrogens with one attached hydrogen (secondary N) is 1. The molecule has 1 aromatic heterocycles. The van der Waals surface area contributed by atoms with E-state index in [1.54, 1.807) is 0 Å². The van der Waals surface area contributed by atoms with E-state index in [0.29, 0.717) is 18.0 Å². The molecular weight excluding hydrogens is 439 g/mol. The molecule has 2 aliphatic rings. The third kappa shape index (κ3) is 5.13. The maximum atomic E-state index is 12.5. The molecule has 0 radical (unpaired) electrons. The van der Waals surface area contributed by atoms with Gasteiger partial charge in [0.1, 0.15) is 6.10 Å². The third-order valence-electron chi connectivity index (χ3n) is 5.21. The lowest BCUT2D eigenvalue weighted by Gasteiger charge is -2.30. The highest BCUT2D eigenvalue weighted by Gasteiger charge is 2.39. The Kier molecular flexibility index (Phi) is 6.06. The molecule has 164 valence electrons. The predicted molar refractivity (Wildman–Crippen MR) is 110 cm³/mol. The average molecular weight is 462 g/mol. The highest BCUT2D eigenvalue weighted by atomic mass is 32.2. The molecule has 0 saturated carbocycles. The van der Waals surface area contributed by atoms with E-state index < -0.39 is 22.0 Å². The van der Waals surface area contributed by atoms with Gasteiger partial charge in [0.15, 0.2) is 5.75 Å². The number of halogens is 3. The molecule has 2 aromatic rings. The first kappa shape index (κ1) is 21.5. The van der Waals surface area contributed by atoms with Crippen molar-refractivity contribution in [1.29, 1.82) is 0 Å². The minimum Gasteiger partial charge on any atom is -0.467 e. The van der Waals surface area contributed by atoms with Gasteiger partial charge < -0.3 is 10.1 Å². The second kappa shape index (κ2) is 8.45. The van der Waals surface area contributed by atoms with Gasteiger partial charge in [0.05, 0.1) is 10.2 Å². The van der Waals surface area contributed by atoms with E-state index in [4.69, 9.17) is 4.74 Å². The minimum absolute atomic E-state index is 0.0142. The molecule has 0 aliphatic carbocycles. The van der Waals surface area contributed by atoms with Crippen molar-refractivity contribution in [3.05, 3.63) is 29.8 Å². The topological polar surface area (TPSA) is 71.5 Å². The number of hydrogen-bond donors (Lipinski definition) is 1. The number of ether oxygens (including phenoxy) is 1. The van der Waals surface area contributed by atoms with Crippen LogP contribution in [0.4, 0.5) is 13.2 Å². The summed E-state index contributed by atoms with van der Waals surface area (Å²) in [6.45, 7) is 1.85. The van der Waals surface area contributed by atoms with Gasteiger partial charge >= 0.3 is 6.18 Å². The Morgan fingerprint density at radius 3 is 2.70 bits per heavy atom. The van der Waals surface area contributed by atoms with Crippen LogP contribution in [0.5, 0.6) is 5.19 Å². The van der Waals surface area contributed by atoms with E-state index >= 15 is 0 Å². The first-order chi connectivity index (χ1) is 14.2. The van der Waals surface area contributed by atoms with E-state index in [1.807, 2.05) is 12.1 Å². The quantitative estimate of drug-likeness (QED) is 0.739. The Morgan fingerprint density at radius 1 is 1.27 bits per heavy atom. The molecule has 1 aromatic carbocycles. The summed E-state index contributed by atoms with van der Waals surface area (Å²) in [5, 5.41) is 3.79. The van der Waals surface area contributed by atoms with Crippen LogP contribution < -0.4 is 10.1 Å². The first-order valence-corrected chi connectivity index (χ1v) is 12.1. The van der Waals surface area contributed by atoms with Crippen LogP contribution in [0.3, 0.4) is 0 Å². The van der Waals surface area contributed by atoms with E-state index in [1.165, 1.54) is 22.5 Å². The maximum absolute atomic E-state index is 12.5. The molecule has 6 nitrogen and oxygen atoms in total. The van der Waals surface area contributed by atoms with Crippen molar-refractivity contribution in [3.8, 4) is 5.19 Å². The minimum atomic E-state index is -4.74. The fraction of sp³-hybridized carbons (Fsp3) is 0.526. The molecule has 30 heavy (non-hydrogen) atoms. The summed E-state index contributed by atoms with van der Waals surface area (Å²) in [4.78, 5) is 4.49. The zero-order valence-corrected chi connectivity index (χ0v) is 17.7. The number of sulfonamides is 1. The molecule has 1 fully saturated rings. The number of thiazole rings is 1. The van der Waals surface area contributed by atoms with Crippen LogP contribution >= 0.6 is 11.3 Å². The lowest BCUT2D eigenvalue weighted by Crippen LogP contribution is -2.44. The number of alkyl halides is 3. The smallest absolute Gasteiger partial charge is 0.404 e. The zero-order valence-electron chi connectivity index (χ0n) is 16.1. The number of nitrogens with zero attached hydrogens (tertiary/aromatic N) is 2. The van der Waals surface area contributed by atoms with Gasteiger partial charge in [-0.05, 0) is 49.1 Å². The number of fused-ring (bicyclic) bond motifs is 1. The first-order valence-electron chi connectivity index (χ1n) is 9.71. The van der Waals surface area contributed by atoms with Crippen LogP contribution in [0.1, 0.15) is 24.8 Å². The molecule has 2 aliphatic heterocycles. The van der Waals surface area contributed by atoms with E-state index in [-0.39, 0.29) is 19.2 Å².